The van der Waals surface area contributed by atoms with Gasteiger partial charge in [-0.05, 0) is 43.4 Å². The van der Waals surface area contributed by atoms with Crippen molar-refractivity contribution in [1.29, 1.82) is 0 Å². The number of carbonyl (C=O) groups is 1. The molecule has 0 atom stereocenters. The van der Waals surface area contributed by atoms with Gasteiger partial charge in [0.05, 0.1) is 0 Å². The molecule has 7 heteroatoms. The van der Waals surface area contributed by atoms with Crippen LogP contribution in [0.1, 0.15) is 28.8 Å². The number of hydrogen-bond acceptors (Lipinski definition) is 3. The lowest BCUT2D eigenvalue weighted by Gasteiger charge is -2.17. The molecule has 2 N–H and O–H groups in total. The third kappa shape index (κ3) is 3.16. The summed E-state index contributed by atoms with van der Waals surface area (Å²) in [6.07, 6.45) is 2.20. The smallest absolute Gasteiger partial charge is 0.253 e. The minimum absolute atomic E-state index is 0.0831. The Balaban J connectivity index is 2.36. The van der Waals surface area contributed by atoms with Gasteiger partial charge in [0, 0.05) is 19.2 Å². The van der Waals surface area contributed by atoms with Gasteiger partial charge in [-0.2, -0.15) is 0 Å². The molecule has 1 aromatic rings. The molecule has 1 saturated carbocycles. The van der Waals surface area contributed by atoms with E-state index in [0.717, 1.165) is 18.9 Å². The molecule has 0 aromatic heterocycles. The number of aryl methyl sites for hydroxylation is 1. The molecule has 0 spiro atoms. The van der Waals surface area contributed by atoms with Crippen molar-refractivity contribution in [2.75, 3.05) is 13.6 Å². The molecule has 1 fully saturated rings. The molecule has 1 aromatic carbocycles. The highest BCUT2D eigenvalue weighted by molar-refractivity contribution is 7.89. The van der Waals surface area contributed by atoms with E-state index in [1.165, 1.54) is 17.9 Å². The van der Waals surface area contributed by atoms with Crippen LogP contribution in [0.2, 0.25) is 0 Å². The molecule has 20 heavy (non-hydrogen) atoms. The van der Waals surface area contributed by atoms with Crippen LogP contribution in [-0.2, 0) is 10.0 Å². The molecule has 1 aliphatic carbocycles. The summed E-state index contributed by atoms with van der Waals surface area (Å²) >= 11 is 0. The van der Waals surface area contributed by atoms with E-state index in [0.29, 0.717) is 12.5 Å². The number of benzene rings is 1. The maximum Gasteiger partial charge on any atom is 0.253 e. The molecular weight excluding hydrogens is 283 g/mol. The average Bonchev–Trinajstić information content (AvgIpc) is 3.13. The van der Waals surface area contributed by atoms with Crippen LogP contribution in [0.15, 0.2) is 17.0 Å². The largest absolute Gasteiger partial charge is 0.341 e. The number of hydrogen-bond donors (Lipinski definition) is 1. The monoisotopic (exact) mass is 300 g/mol. The van der Waals surface area contributed by atoms with Crippen LogP contribution in [-0.4, -0.2) is 32.8 Å². The number of carbonyl (C=O) groups excluding carboxylic acids is 1. The maximum atomic E-state index is 13.8. The molecule has 0 unspecified atom stereocenters. The molecule has 0 heterocycles. The topological polar surface area (TPSA) is 80.5 Å². The zero-order valence-corrected chi connectivity index (χ0v) is 12.2. The molecule has 1 aliphatic rings. The fourth-order valence-corrected chi connectivity index (χ4v) is 2.76. The molecule has 1 amide bonds. The first-order chi connectivity index (χ1) is 9.20. The second kappa shape index (κ2) is 5.14. The van der Waals surface area contributed by atoms with Crippen LogP contribution in [0.4, 0.5) is 4.39 Å². The van der Waals surface area contributed by atoms with Gasteiger partial charge in [0.2, 0.25) is 10.0 Å². The Bertz CT molecular complexity index is 654. The van der Waals surface area contributed by atoms with Crippen LogP contribution >= 0.6 is 0 Å². The van der Waals surface area contributed by atoms with E-state index in [4.69, 9.17) is 5.14 Å². The van der Waals surface area contributed by atoms with E-state index >= 15 is 0 Å². The minimum Gasteiger partial charge on any atom is -0.341 e. The highest BCUT2D eigenvalue weighted by Crippen LogP contribution is 2.30. The fourth-order valence-electron chi connectivity index (χ4n) is 2.06. The van der Waals surface area contributed by atoms with Crippen molar-refractivity contribution in [3.8, 4) is 0 Å². The molecule has 0 radical (unpaired) electrons. The fraction of sp³-hybridized carbons (Fsp3) is 0.462. The summed E-state index contributed by atoms with van der Waals surface area (Å²) in [5.74, 6) is -0.720. The third-order valence-corrected chi connectivity index (χ3v) is 4.26. The van der Waals surface area contributed by atoms with Gasteiger partial charge in [-0.3, -0.25) is 4.79 Å². The second-order valence-corrected chi connectivity index (χ2v) is 6.81. The van der Waals surface area contributed by atoms with Crippen LogP contribution in [0.25, 0.3) is 0 Å². The first-order valence-electron chi connectivity index (χ1n) is 6.28. The summed E-state index contributed by atoms with van der Waals surface area (Å²) in [5.41, 5.74) is 0.218. The summed E-state index contributed by atoms with van der Waals surface area (Å²) in [5, 5.41) is 4.97. The number of halogens is 1. The number of sulfonamides is 1. The molecule has 2 rings (SSSR count). The Hall–Kier alpha value is -1.47. The van der Waals surface area contributed by atoms with Crippen LogP contribution in [0, 0.1) is 18.7 Å². The number of amides is 1. The van der Waals surface area contributed by atoms with Gasteiger partial charge >= 0.3 is 0 Å². The first kappa shape index (κ1) is 14.9. The van der Waals surface area contributed by atoms with Crippen LogP contribution in [0.5, 0.6) is 0 Å². The Morgan fingerprint density at radius 3 is 2.55 bits per heavy atom. The highest BCUT2D eigenvalue weighted by atomic mass is 32.2. The first-order valence-corrected chi connectivity index (χ1v) is 7.83. The SMILES string of the molecule is Cc1cc(C(=O)N(C)CC2CC2)cc(S(N)(=O)=O)c1F. The van der Waals surface area contributed by atoms with Crippen molar-refractivity contribution in [3.63, 3.8) is 0 Å². The van der Waals surface area contributed by atoms with Crippen molar-refractivity contribution in [2.24, 2.45) is 11.1 Å². The van der Waals surface area contributed by atoms with Gasteiger partial charge in [-0.1, -0.05) is 0 Å². The average molecular weight is 300 g/mol. The van der Waals surface area contributed by atoms with Gasteiger partial charge in [0.25, 0.3) is 5.91 Å². The van der Waals surface area contributed by atoms with E-state index in [1.54, 1.807) is 7.05 Å². The second-order valence-electron chi connectivity index (χ2n) is 5.28. The summed E-state index contributed by atoms with van der Waals surface area (Å²) in [6, 6.07) is 2.35. The van der Waals surface area contributed by atoms with E-state index in [1.807, 2.05) is 0 Å². The molecule has 0 bridgehead atoms. The zero-order chi connectivity index (χ0) is 15.1. The third-order valence-electron chi connectivity index (χ3n) is 3.35. The van der Waals surface area contributed by atoms with E-state index in [-0.39, 0.29) is 17.0 Å². The van der Waals surface area contributed by atoms with E-state index < -0.39 is 20.7 Å². The summed E-state index contributed by atoms with van der Waals surface area (Å²) in [4.78, 5) is 13.1. The van der Waals surface area contributed by atoms with Crippen LogP contribution < -0.4 is 5.14 Å². The van der Waals surface area contributed by atoms with Gasteiger partial charge in [0.1, 0.15) is 10.7 Å². The van der Waals surface area contributed by atoms with Crippen LogP contribution in [0.3, 0.4) is 0 Å². The predicted molar refractivity (Wildman–Crippen MR) is 72.2 cm³/mol. The normalized spacial score (nSPS) is 15.2. The van der Waals surface area contributed by atoms with Crippen molar-refractivity contribution in [3.05, 3.63) is 29.1 Å². The van der Waals surface area contributed by atoms with Gasteiger partial charge in [-0.25, -0.2) is 17.9 Å². The van der Waals surface area contributed by atoms with E-state index in [2.05, 4.69) is 0 Å². The molecule has 110 valence electrons. The summed E-state index contributed by atoms with van der Waals surface area (Å²) < 4.78 is 36.5. The van der Waals surface area contributed by atoms with Gasteiger partial charge < -0.3 is 4.90 Å². The molecular formula is C13H17FN2O3S. The predicted octanol–water partition coefficient (Wildman–Crippen LogP) is 1.26. The summed E-state index contributed by atoms with van der Waals surface area (Å²) in [6.45, 7) is 2.03. The van der Waals surface area contributed by atoms with Gasteiger partial charge in [-0.15, -0.1) is 0 Å². The lowest BCUT2D eigenvalue weighted by atomic mass is 10.1. The van der Waals surface area contributed by atoms with E-state index in [9.17, 15) is 17.6 Å². The Morgan fingerprint density at radius 1 is 1.45 bits per heavy atom. The zero-order valence-electron chi connectivity index (χ0n) is 11.4. The molecule has 0 aliphatic heterocycles. The Labute approximate surface area is 117 Å². The molecule has 5 nitrogen and oxygen atoms in total. The Kier molecular flexibility index (Phi) is 3.84. The number of primary sulfonamides is 1. The number of nitrogens with zero attached hydrogens (tertiary/aromatic N) is 1. The van der Waals surface area contributed by atoms with Gasteiger partial charge in [0.15, 0.2) is 0 Å². The quantitative estimate of drug-likeness (QED) is 0.909. The van der Waals surface area contributed by atoms with Crippen molar-refractivity contribution in [2.45, 2.75) is 24.7 Å². The minimum atomic E-state index is -4.19. The highest BCUT2D eigenvalue weighted by Gasteiger charge is 2.26. The number of rotatable bonds is 4. The maximum absolute atomic E-state index is 13.8. The lowest BCUT2D eigenvalue weighted by Crippen LogP contribution is -2.29. The lowest BCUT2D eigenvalue weighted by molar-refractivity contribution is 0.0788. The standard InChI is InChI=1S/C13H17FN2O3S/c1-8-5-10(6-11(12(8)14)20(15,18)19)13(17)16(2)7-9-3-4-9/h5-6,9H,3-4,7H2,1-2H3,(H2,15,18,19). The van der Waals surface area contributed by atoms with Crippen molar-refractivity contribution >= 4 is 15.9 Å². The van der Waals surface area contributed by atoms with Crippen molar-refractivity contribution < 1.29 is 17.6 Å². The van der Waals surface area contributed by atoms with Crippen molar-refractivity contribution in [1.82, 2.24) is 4.90 Å². The molecule has 0 saturated heterocycles. The Morgan fingerprint density at radius 2 is 2.05 bits per heavy atom. The summed E-state index contributed by atoms with van der Waals surface area (Å²) in [7, 11) is -2.55. The number of nitrogens with two attached hydrogens (primary N) is 1.